The van der Waals surface area contributed by atoms with Gasteiger partial charge in [0.2, 0.25) is 0 Å². The minimum Gasteiger partial charge on any atom is -0.373 e. The molecule has 0 radical (unpaired) electrons. The van der Waals surface area contributed by atoms with Gasteiger partial charge in [-0.25, -0.2) is 9.97 Å². The monoisotopic (exact) mass is 286 g/mol. The Balaban J connectivity index is 1.50. The second kappa shape index (κ2) is 5.15. The zero-order valence-electron chi connectivity index (χ0n) is 13.2. The van der Waals surface area contributed by atoms with Gasteiger partial charge in [0, 0.05) is 32.6 Å². The molecule has 0 amide bonds. The molecule has 3 unspecified atom stereocenters. The van der Waals surface area contributed by atoms with E-state index in [0.29, 0.717) is 5.92 Å². The van der Waals surface area contributed by atoms with Crippen molar-refractivity contribution in [3.63, 3.8) is 0 Å². The van der Waals surface area contributed by atoms with E-state index in [1.165, 1.54) is 38.5 Å². The van der Waals surface area contributed by atoms with Gasteiger partial charge in [0.25, 0.3) is 0 Å². The normalized spacial score (nSPS) is 30.7. The highest BCUT2D eigenvalue weighted by Crippen LogP contribution is 2.48. The van der Waals surface area contributed by atoms with Crippen LogP contribution in [0.4, 0.5) is 11.6 Å². The lowest BCUT2D eigenvalue weighted by atomic mass is 9.88. The van der Waals surface area contributed by atoms with Crippen molar-refractivity contribution in [3.05, 3.63) is 11.9 Å². The first-order valence-electron chi connectivity index (χ1n) is 8.51. The molecule has 0 aromatic carbocycles. The Morgan fingerprint density at radius 2 is 2.05 bits per heavy atom. The van der Waals surface area contributed by atoms with Gasteiger partial charge in [-0.15, -0.1) is 0 Å². The number of hydrogen-bond donors (Lipinski definition) is 1. The van der Waals surface area contributed by atoms with Crippen LogP contribution in [0.5, 0.6) is 0 Å². The Labute approximate surface area is 127 Å². The minimum atomic E-state index is 0.605. The van der Waals surface area contributed by atoms with Crippen LogP contribution < -0.4 is 10.2 Å². The van der Waals surface area contributed by atoms with Crippen molar-refractivity contribution in [2.24, 2.45) is 17.8 Å². The molecule has 4 heteroatoms. The number of rotatable bonds is 5. The highest BCUT2D eigenvalue weighted by molar-refractivity contribution is 5.49. The molecule has 21 heavy (non-hydrogen) atoms. The first-order valence-corrected chi connectivity index (χ1v) is 8.51. The van der Waals surface area contributed by atoms with Gasteiger partial charge in [-0.1, -0.05) is 6.42 Å². The molecule has 0 spiro atoms. The summed E-state index contributed by atoms with van der Waals surface area (Å²) >= 11 is 0. The number of nitrogens with one attached hydrogen (secondary N) is 1. The summed E-state index contributed by atoms with van der Waals surface area (Å²) in [7, 11) is 4.14. The van der Waals surface area contributed by atoms with Crippen LogP contribution >= 0.6 is 0 Å². The molecule has 4 rings (SSSR count). The highest BCUT2D eigenvalue weighted by Gasteiger charge is 2.39. The average Bonchev–Trinajstić information content (AvgIpc) is 3.16. The van der Waals surface area contributed by atoms with E-state index in [0.717, 1.165) is 41.8 Å². The number of fused-ring (bicyclic) bond motifs is 2. The van der Waals surface area contributed by atoms with Gasteiger partial charge < -0.3 is 10.2 Å². The number of nitrogens with zero attached hydrogens (tertiary/aromatic N) is 3. The average molecular weight is 286 g/mol. The fraction of sp³-hybridized carbons (Fsp3) is 0.765. The van der Waals surface area contributed by atoms with Crippen LogP contribution in [-0.4, -0.2) is 30.6 Å². The molecule has 1 aromatic heterocycles. The summed E-state index contributed by atoms with van der Waals surface area (Å²) in [6, 6.07) is 2.10. The Kier molecular flexibility index (Phi) is 3.27. The summed E-state index contributed by atoms with van der Waals surface area (Å²) in [5.41, 5.74) is 0. The molecule has 2 bridgehead atoms. The lowest BCUT2D eigenvalue weighted by Crippen LogP contribution is -2.29. The van der Waals surface area contributed by atoms with Crippen molar-refractivity contribution in [1.82, 2.24) is 9.97 Å². The minimum absolute atomic E-state index is 0.605. The molecule has 3 aliphatic carbocycles. The van der Waals surface area contributed by atoms with Crippen LogP contribution in [0.2, 0.25) is 0 Å². The van der Waals surface area contributed by atoms with Crippen molar-refractivity contribution in [3.8, 4) is 0 Å². The van der Waals surface area contributed by atoms with E-state index in [4.69, 9.17) is 4.98 Å². The molecule has 1 N–H and O–H groups in total. The van der Waals surface area contributed by atoms with E-state index in [2.05, 4.69) is 28.3 Å². The first kappa shape index (κ1) is 13.4. The summed E-state index contributed by atoms with van der Waals surface area (Å²) in [5.74, 6) is 6.58. The quantitative estimate of drug-likeness (QED) is 0.902. The fourth-order valence-corrected chi connectivity index (χ4v) is 4.35. The predicted octanol–water partition coefficient (Wildman–Crippen LogP) is 3.27. The molecule has 0 aliphatic heterocycles. The largest absolute Gasteiger partial charge is 0.373 e. The maximum absolute atomic E-state index is 4.82. The molecule has 3 saturated carbocycles. The lowest BCUT2D eigenvalue weighted by Gasteiger charge is -2.28. The summed E-state index contributed by atoms with van der Waals surface area (Å²) < 4.78 is 0. The molecule has 3 fully saturated rings. The van der Waals surface area contributed by atoms with Gasteiger partial charge in [-0.3, -0.25) is 0 Å². The number of anilines is 2. The smallest absolute Gasteiger partial charge is 0.136 e. The van der Waals surface area contributed by atoms with Crippen LogP contribution in [0, 0.1) is 17.8 Å². The van der Waals surface area contributed by atoms with Crippen molar-refractivity contribution >= 4 is 11.6 Å². The van der Waals surface area contributed by atoms with Gasteiger partial charge in [-0.2, -0.15) is 0 Å². The third kappa shape index (κ3) is 2.60. The van der Waals surface area contributed by atoms with Gasteiger partial charge in [-0.05, 0) is 49.9 Å². The van der Waals surface area contributed by atoms with Crippen LogP contribution in [0.3, 0.4) is 0 Å². The zero-order valence-corrected chi connectivity index (χ0v) is 13.2. The summed E-state index contributed by atoms with van der Waals surface area (Å²) in [6.07, 6.45) is 8.37. The molecule has 4 nitrogen and oxygen atoms in total. The molecule has 3 atom stereocenters. The van der Waals surface area contributed by atoms with E-state index in [9.17, 15) is 0 Å². The standard InChI is InChI=1S/C17H26N4/c1-18-15-9-16(20-17(19-15)12-5-6-12)21(2)10-14-8-11-3-4-13(14)7-11/h9,11-14H,3-8,10H2,1-2H3,(H,18,19,20). The lowest BCUT2D eigenvalue weighted by molar-refractivity contribution is 0.337. The highest BCUT2D eigenvalue weighted by atomic mass is 15.2. The van der Waals surface area contributed by atoms with Crippen LogP contribution in [-0.2, 0) is 0 Å². The second-order valence-electron chi connectivity index (χ2n) is 7.31. The molecular weight excluding hydrogens is 260 g/mol. The topological polar surface area (TPSA) is 41.0 Å². The van der Waals surface area contributed by atoms with E-state index >= 15 is 0 Å². The summed E-state index contributed by atoms with van der Waals surface area (Å²) in [6.45, 7) is 1.16. The van der Waals surface area contributed by atoms with Crippen molar-refractivity contribution in [1.29, 1.82) is 0 Å². The molecule has 3 aliphatic rings. The van der Waals surface area contributed by atoms with Crippen molar-refractivity contribution < 1.29 is 0 Å². The Bertz CT molecular complexity index is 526. The fourth-order valence-electron chi connectivity index (χ4n) is 4.35. The van der Waals surface area contributed by atoms with Crippen molar-refractivity contribution in [2.45, 2.75) is 44.4 Å². The summed E-state index contributed by atoms with van der Waals surface area (Å²) in [4.78, 5) is 11.8. The zero-order chi connectivity index (χ0) is 14.4. The van der Waals surface area contributed by atoms with E-state index in [1.54, 1.807) is 0 Å². The molecule has 114 valence electrons. The van der Waals surface area contributed by atoms with Gasteiger partial charge in [0.15, 0.2) is 0 Å². The Morgan fingerprint density at radius 3 is 2.67 bits per heavy atom. The van der Waals surface area contributed by atoms with Crippen LogP contribution in [0.25, 0.3) is 0 Å². The second-order valence-corrected chi connectivity index (χ2v) is 7.31. The van der Waals surface area contributed by atoms with Crippen LogP contribution in [0.15, 0.2) is 6.07 Å². The maximum Gasteiger partial charge on any atom is 0.136 e. The van der Waals surface area contributed by atoms with Gasteiger partial charge in [0.05, 0.1) is 0 Å². The molecule has 1 heterocycles. The Morgan fingerprint density at radius 1 is 1.19 bits per heavy atom. The SMILES string of the molecule is CNc1cc(N(C)CC2CC3CCC2C3)nc(C2CC2)n1. The van der Waals surface area contributed by atoms with Gasteiger partial charge in [0.1, 0.15) is 17.5 Å². The maximum atomic E-state index is 4.82. The number of hydrogen-bond acceptors (Lipinski definition) is 4. The van der Waals surface area contributed by atoms with Crippen LogP contribution in [0.1, 0.15) is 50.3 Å². The summed E-state index contributed by atoms with van der Waals surface area (Å²) in [5, 5.41) is 3.19. The number of aromatic nitrogens is 2. The molecular formula is C17H26N4. The third-order valence-corrected chi connectivity index (χ3v) is 5.71. The Hall–Kier alpha value is -1.32. The molecule has 1 aromatic rings. The molecule has 0 saturated heterocycles. The van der Waals surface area contributed by atoms with Crippen molar-refractivity contribution in [2.75, 3.05) is 30.9 Å². The van der Waals surface area contributed by atoms with Gasteiger partial charge >= 0.3 is 0 Å². The predicted molar refractivity (Wildman–Crippen MR) is 85.8 cm³/mol. The first-order chi connectivity index (χ1) is 10.2. The van der Waals surface area contributed by atoms with E-state index in [-0.39, 0.29) is 0 Å². The third-order valence-electron chi connectivity index (χ3n) is 5.71. The van der Waals surface area contributed by atoms with E-state index < -0.39 is 0 Å². The van der Waals surface area contributed by atoms with E-state index in [1.807, 2.05) is 7.05 Å².